The zero-order chi connectivity index (χ0) is 15.5. The average Bonchev–Trinajstić information content (AvgIpc) is 2.86. The predicted octanol–water partition coefficient (Wildman–Crippen LogP) is 2.34. The van der Waals surface area contributed by atoms with Crippen molar-refractivity contribution in [3.63, 3.8) is 0 Å². The minimum Gasteiger partial charge on any atom is -0.317 e. The molecule has 0 aromatic heterocycles. The number of hydrogen-bond acceptors (Lipinski definition) is 3. The topological polar surface area (TPSA) is 27.3 Å². The molecule has 3 fully saturated rings. The highest BCUT2D eigenvalue weighted by atomic mass is 19.1. The van der Waals surface area contributed by atoms with Crippen LogP contribution in [0.5, 0.6) is 0 Å². The summed E-state index contributed by atoms with van der Waals surface area (Å²) < 4.78 is 13.5. The van der Waals surface area contributed by atoms with Gasteiger partial charge in [0, 0.05) is 12.1 Å². The highest BCUT2D eigenvalue weighted by Crippen LogP contribution is 2.41. The van der Waals surface area contributed by atoms with E-state index in [9.17, 15) is 4.39 Å². The van der Waals surface area contributed by atoms with E-state index in [2.05, 4.69) is 28.6 Å². The lowest BCUT2D eigenvalue weighted by Gasteiger charge is -2.38. The maximum Gasteiger partial charge on any atom is 0.100 e. The van der Waals surface area contributed by atoms with Gasteiger partial charge in [-0.25, -0.2) is 9.40 Å². The first-order valence-electron chi connectivity index (χ1n) is 9.01. The summed E-state index contributed by atoms with van der Waals surface area (Å²) in [6.45, 7) is 5.25. The van der Waals surface area contributed by atoms with Gasteiger partial charge in [-0.05, 0) is 76.3 Å². The highest BCUT2D eigenvalue weighted by Gasteiger charge is 2.46. The molecule has 4 heteroatoms. The molecule has 3 rings (SSSR count). The number of terminal acetylenes is 1. The van der Waals surface area contributed by atoms with E-state index in [1.54, 1.807) is 0 Å². The Bertz CT molecular complexity index is 394. The summed E-state index contributed by atoms with van der Waals surface area (Å²) in [5, 5.41) is 5.74. The maximum atomic E-state index is 13.5. The van der Waals surface area contributed by atoms with Crippen LogP contribution in [0.15, 0.2) is 0 Å². The van der Waals surface area contributed by atoms with Crippen molar-refractivity contribution in [1.82, 2.24) is 15.8 Å². The van der Waals surface area contributed by atoms with Crippen molar-refractivity contribution < 1.29 is 4.39 Å². The van der Waals surface area contributed by atoms with Crippen LogP contribution in [-0.2, 0) is 0 Å². The molecule has 2 N–H and O–H groups in total. The van der Waals surface area contributed by atoms with Gasteiger partial charge in [-0.1, -0.05) is 5.92 Å². The molecule has 1 saturated carbocycles. The Morgan fingerprint density at radius 2 is 1.77 bits per heavy atom. The lowest BCUT2D eigenvalue weighted by molar-refractivity contribution is 0.135. The maximum absolute atomic E-state index is 13.5. The minimum absolute atomic E-state index is 0.479. The molecule has 0 spiro atoms. The summed E-state index contributed by atoms with van der Waals surface area (Å²) in [7, 11) is 0. The summed E-state index contributed by atoms with van der Waals surface area (Å²) in [5.41, 5.74) is 3.72. The number of piperidine rings is 1. The molecule has 0 aromatic rings. The first-order chi connectivity index (χ1) is 10.7. The zero-order valence-corrected chi connectivity index (χ0v) is 13.7. The van der Waals surface area contributed by atoms with Crippen LogP contribution in [0.1, 0.15) is 45.4 Å². The van der Waals surface area contributed by atoms with Gasteiger partial charge in [0.05, 0.1) is 6.54 Å². The molecule has 22 heavy (non-hydrogen) atoms. The van der Waals surface area contributed by atoms with Crippen LogP contribution >= 0.6 is 0 Å². The molecule has 3 atom stereocenters. The summed E-state index contributed by atoms with van der Waals surface area (Å²) in [6.07, 6.45) is 11.0. The average molecular weight is 307 g/mol. The van der Waals surface area contributed by atoms with E-state index in [4.69, 9.17) is 6.42 Å². The second-order valence-electron chi connectivity index (χ2n) is 7.40. The van der Waals surface area contributed by atoms with Gasteiger partial charge < -0.3 is 5.32 Å². The largest absolute Gasteiger partial charge is 0.317 e. The Morgan fingerprint density at radius 1 is 1.09 bits per heavy atom. The molecular weight excluding hydrogens is 277 g/mol. The van der Waals surface area contributed by atoms with Gasteiger partial charge in [0.1, 0.15) is 6.17 Å². The summed E-state index contributed by atoms with van der Waals surface area (Å²) >= 11 is 0. The fourth-order valence-electron chi connectivity index (χ4n) is 4.96. The number of rotatable bonds is 3. The van der Waals surface area contributed by atoms with E-state index in [-0.39, 0.29) is 0 Å². The fourth-order valence-corrected chi connectivity index (χ4v) is 4.96. The second-order valence-corrected chi connectivity index (χ2v) is 7.40. The Kier molecular flexibility index (Phi) is 5.38. The lowest BCUT2D eigenvalue weighted by Crippen LogP contribution is -2.44. The Labute approximate surface area is 134 Å². The molecule has 124 valence electrons. The molecule has 0 radical (unpaired) electrons. The van der Waals surface area contributed by atoms with Crippen LogP contribution in [0, 0.1) is 30.1 Å². The highest BCUT2D eigenvalue weighted by molar-refractivity contribution is 5.02. The molecule has 3 aliphatic rings. The van der Waals surface area contributed by atoms with Gasteiger partial charge in [0.25, 0.3) is 0 Å². The van der Waals surface area contributed by atoms with E-state index >= 15 is 0 Å². The number of nitrogens with zero attached hydrogens (tertiary/aromatic N) is 1. The van der Waals surface area contributed by atoms with Crippen molar-refractivity contribution in [2.45, 2.75) is 63.7 Å². The Balaban J connectivity index is 1.73. The third kappa shape index (κ3) is 3.32. The van der Waals surface area contributed by atoms with E-state index < -0.39 is 6.17 Å². The van der Waals surface area contributed by atoms with Crippen LogP contribution in [0.2, 0.25) is 0 Å². The molecular formula is C18H30FN3. The van der Waals surface area contributed by atoms with Crippen molar-refractivity contribution in [1.29, 1.82) is 0 Å². The molecule has 3 unspecified atom stereocenters. The third-order valence-corrected chi connectivity index (χ3v) is 6.18. The third-order valence-electron chi connectivity index (χ3n) is 6.18. The minimum atomic E-state index is -0.575. The monoisotopic (exact) mass is 307 g/mol. The van der Waals surface area contributed by atoms with Gasteiger partial charge in [0.15, 0.2) is 0 Å². The SMILES string of the molecule is C#CCN1NC(C2CCC(F)CC2)C(C2CCNCC2)C1C. The molecule has 3 nitrogen and oxygen atoms in total. The standard InChI is InChI=1S/C18H30FN3/c1-3-12-22-13(2)17(14-8-10-20-11-9-14)18(21-22)15-4-6-16(19)7-5-15/h1,13-18,20-21H,4-12H2,2H3. The fraction of sp³-hybridized carbons (Fsp3) is 0.889. The predicted molar refractivity (Wildman–Crippen MR) is 87.9 cm³/mol. The van der Waals surface area contributed by atoms with E-state index in [1.165, 1.54) is 12.8 Å². The smallest absolute Gasteiger partial charge is 0.100 e. The van der Waals surface area contributed by atoms with Gasteiger partial charge in [0.2, 0.25) is 0 Å². The van der Waals surface area contributed by atoms with Crippen molar-refractivity contribution >= 4 is 0 Å². The lowest BCUT2D eigenvalue weighted by atomic mass is 9.70. The first-order valence-corrected chi connectivity index (χ1v) is 9.01. The van der Waals surface area contributed by atoms with Crippen molar-refractivity contribution in [3.05, 3.63) is 0 Å². The van der Waals surface area contributed by atoms with E-state index in [0.29, 0.717) is 30.5 Å². The zero-order valence-electron chi connectivity index (χ0n) is 13.7. The number of nitrogens with one attached hydrogen (secondary N) is 2. The van der Waals surface area contributed by atoms with Crippen LogP contribution in [-0.4, -0.2) is 42.9 Å². The van der Waals surface area contributed by atoms with Crippen LogP contribution in [0.25, 0.3) is 0 Å². The van der Waals surface area contributed by atoms with Crippen LogP contribution in [0.4, 0.5) is 4.39 Å². The van der Waals surface area contributed by atoms with Gasteiger partial charge in [-0.3, -0.25) is 5.43 Å². The number of alkyl halides is 1. The molecule has 0 aromatic carbocycles. The molecule has 0 bridgehead atoms. The van der Waals surface area contributed by atoms with E-state index in [1.807, 2.05) is 0 Å². The molecule has 0 amide bonds. The molecule has 1 aliphatic carbocycles. The summed E-state index contributed by atoms with van der Waals surface area (Å²) in [4.78, 5) is 0. The van der Waals surface area contributed by atoms with Crippen molar-refractivity contribution in [2.75, 3.05) is 19.6 Å². The molecule has 2 aliphatic heterocycles. The number of halogens is 1. The van der Waals surface area contributed by atoms with Crippen molar-refractivity contribution in [3.8, 4) is 12.3 Å². The van der Waals surface area contributed by atoms with Crippen LogP contribution in [0.3, 0.4) is 0 Å². The first kappa shape index (κ1) is 16.2. The molecule has 2 heterocycles. The number of hydrogen-bond donors (Lipinski definition) is 2. The van der Waals surface area contributed by atoms with Crippen molar-refractivity contribution in [2.24, 2.45) is 17.8 Å². The van der Waals surface area contributed by atoms with Gasteiger partial charge >= 0.3 is 0 Å². The summed E-state index contributed by atoms with van der Waals surface area (Å²) in [5.74, 6) is 4.81. The number of hydrazine groups is 1. The van der Waals surface area contributed by atoms with Gasteiger partial charge in [-0.15, -0.1) is 6.42 Å². The van der Waals surface area contributed by atoms with E-state index in [0.717, 1.165) is 44.7 Å². The quantitative estimate of drug-likeness (QED) is 0.784. The second kappa shape index (κ2) is 7.29. The molecule has 2 saturated heterocycles. The van der Waals surface area contributed by atoms with Gasteiger partial charge in [-0.2, -0.15) is 0 Å². The normalized spacial score (nSPS) is 41.4. The summed E-state index contributed by atoms with van der Waals surface area (Å²) in [6, 6.07) is 0.964. The Morgan fingerprint density at radius 3 is 2.41 bits per heavy atom. The Hall–Kier alpha value is -0.630. The van der Waals surface area contributed by atoms with Crippen LogP contribution < -0.4 is 10.7 Å².